The summed E-state index contributed by atoms with van der Waals surface area (Å²) in [5, 5.41) is 14.2. The predicted octanol–water partition coefficient (Wildman–Crippen LogP) is 3.69. The molecule has 2 aromatic rings. The quantitative estimate of drug-likeness (QED) is 0.612. The first kappa shape index (κ1) is 19.3. The largest absolute Gasteiger partial charge is 0.444 e. The van der Waals surface area contributed by atoms with E-state index in [1.54, 1.807) is 69.3 Å². The van der Waals surface area contributed by atoms with Crippen LogP contribution in [-0.2, 0) is 9.53 Å². The number of carbonyl (C=O) groups excluding carboxylic acids is 2. The molecule has 7 nitrogen and oxygen atoms in total. The summed E-state index contributed by atoms with van der Waals surface area (Å²) in [6, 6.07) is 14.5. The summed E-state index contributed by atoms with van der Waals surface area (Å²) in [6.07, 6.45) is -0.679. The van der Waals surface area contributed by atoms with Crippen LogP contribution in [0.2, 0.25) is 0 Å². The Morgan fingerprint density at radius 3 is 2.08 bits per heavy atom. The van der Waals surface area contributed by atoms with Gasteiger partial charge in [0.15, 0.2) is 0 Å². The van der Waals surface area contributed by atoms with Crippen molar-refractivity contribution in [2.45, 2.75) is 32.4 Å². The molecule has 0 saturated carbocycles. The molecule has 0 saturated heterocycles. The van der Waals surface area contributed by atoms with Crippen molar-refractivity contribution < 1.29 is 19.5 Å². The minimum Gasteiger partial charge on any atom is -0.444 e. The van der Waals surface area contributed by atoms with Gasteiger partial charge in [0.05, 0.1) is 5.69 Å². The summed E-state index contributed by atoms with van der Waals surface area (Å²) in [5.41, 5.74) is 3.00. The fourth-order valence-corrected chi connectivity index (χ4v) is 2.21. The number of nitrogens with one attached hydrogen (secondary N) is 3. The second-order valence-electron chi connectivity index (χ2n) is 6.67. The van der Waals surface area contributed by atoms with Crippen LogP contribution in [0.5, 0.6) is 0 Å². The Bertz CT molecular complexity index is 740. The van der Waals surface area contributed by atoms with Gasteiger partial charge in [-0.3, -0.25) is 15.5 Å². The maximum Gasteiger partial charge on any atom is 0.408 e. The third-order valence-electron chi connectivity index (χ3n) is 3.34. The molecule has 2 aromatic carbocycles. The summed E-state index contributed by atoms with van der Waals surface area (Å²) in [6.45, 7) is 5.25. The van der Waals surface area contributed by atoms with Crippen molar-refractivity contribution in [3.05, 3.63) is 60.2 Å². The average molecular weight is 357 g/mol. The van der Waals surface area contributed by atoms with Crippen LogP contribution in [0.15, 0.2) is 54.6 Å². The summed E-state index contributed by atoms with van der Waals surface area (Å²) < 4.78 is 5.25. The maximum absolute atomic E-state index is 12.7. The number of carbonyl (C=O) groups is 2. The van der Waals surface area contributed by atoms with Crippen LogP contribution < -0.4 is 16.1 Å². The smallest absolute Gasteiger partial charge is 0.408 e. The molecular weight excluding hydrogens is 334 g/mol. The third kappa shape index (κ3) is 5.78. The number of rotatable bonds is 5. The zero-order chi connectivity index (χ0) is 19.2. The van der Waals surface area contributed by atoms with Crippen LogP contribution in [0, 0.1) is 0 Å². The number of amides is 2. The number of alkyl carbamates (subject to hydrolysis) is 1. The van der Waals surface area contributed by atoms with Gasteiger partial charge in [0, 0.05) is 5.69 Å². The van der Waals surface area contributed by atoms with E-state index in [4.69, 9.17) is 9.94 Å². The highest BCUT2D eigenvalue weighted by atomic mass is 16.6. The number of hydrogen-bond donors (Lipinski definition) is 4. The van der Waals surface area contributed by atoms with Crippen molar-refractivity contribution in [2.75, 3.05) is 10.8 Å². The van der Waals surface area contributed by atoms with Crippen LogP contribution in [0.3, 0.4) is 0 Å². The van der Waals surface area contributed by atoms with Crippen LogP contribution in [0.1, 0.15) is 32.4 Å². The highest BCUT2D eigenvalue weighted by Gasteiger charge is 2.25. The lowest BCUT2D eigenvalue weighted by molar-refractivity contribution is -0.118. The second-order valence-corrected chi connectivity index (χ2v) is 6.67. The molecule has 2 amide bonds. The van der Waals surface area contributed by atoms with Gasteiger partial charge in [-0.2, -0.15) is 0 Å². The number of anilines is 2. The number of hydrogen-bond acceptors (Lipinski definition) is 5. The van der Waals surface area contributed by atoms with Gasteiger partial charge >= 0.3 is 6.09 Å². The van der Waals surface area contributed by atoms with E-state index >= 15 is 0 Å². The van der Waals surface area contributed by atoms with E-state index < -0.39 is 23.6 Å². The van der Waals surface area contributed by atoms with Gasteiger partial charge in [-0.1, -0.05) is 30.3 Å². The lowest BCUT2D eigenvalue weighted by Crippen LogP contribution is -2.40. The first-order valence-electron chi connectivity index (χ1n) is 8.14. The van der Waals surface area contributed by atoms with Crippen LogP contribution in [0.4, 0.5) is 16.2 Å². The molecule has 0 fully saturated rings. The predicted molar refractivity (Wildman–Crippen MR) is 99.0 cm³/mol. The van der Waals surface area contributed by atoms with Gasteiger partial charge in [-0.05, 0) is 50.6 Å². The summed E-state index contributed by atoms with van der Waals surface area (Å²) in [7, 11) is 0. The molecule has 2 rings (SSSR count). The molecular formula is C19H23N3O4. The van der Waals surface area contributed by atoms with E-state index in [1.807, 2.05) is 11.5 Å². The van der Waals surface area contributed by atoms with E-state index in [1.165, 1.54) is 0 Å². The molecule has 26 heavy (non-hydrogen) atoms. The van der Waals surface area contributed by atoms with Gasteiger partial charge in [0.2, 0.25) is 0 Å². The first-order chi connectivity index (χ1) is 12.3. The minimum absolute atomic E-state index is 0.410. The highest BCUT2D eigenvalue weighted by Crippen LogP contribution is 2.19. The molecule has 0 unspecified atom stereocenters. The summed E-state index contributed by atoms with van der Waals surface area (Å²) in [5.74, 6) is -0.410. The fourth-order valence-electron chi connectivity index (χ4n) is 2.21. The van der Waals surface area contributed by atoms with Crippen molar-refractivity contribution in [3.63, 3.8) is 0 Å². The van der Waals surface area contributed by atoms with E-state index in [0.29, 0.717) is 16.9 Å². The SMILES string of the molecule is CC(C)(C)OC(=O)N[C@H](C(=O)Nc1ccc(NO)cc1)c1ccccc1. The van der Waals surface area contributed by atoms with E-state index in [2.05, 4.69) is 10.6 Å². The van der Waals surface area contributed by atoms with Crippen molar-refractivity contribution in [1.29, 1.82) is 0 Å². The zero-order valence-electron chi connectivity index (χ0n) is 14.9. The summed E-state index contributed by atoms with van der Waals surface area (Å²) in [4.78, 5) is 24.9. The molecule has 1 atom stereocenters. The highest BCUT2D eigenvalue weighted by molar-refractivity contribution is 5.97. The van der Waals surface area contributed by atoms with Gasteiger partial charge in [0.25, 0.3) is 5.91 Å². The van der Waals surface area contributed by atoms with Crippen molar-refractivity contribution in [3.8, 4) is 0 Å². The monoisotopic (exact) mass is 357 g/mol. The normalized spacial score (nSPS) is 12.0. The molecule has 0 aliphatic rings. The Morgan fingerprint density at radius 2 is 1.54 bits per heavy atom. The Balaban J connectivity index is 2.16. The van der Waals surface area contributed by atoms with Crippen molar-refractivity contribution >= 4 is 23.4 Å². The molecule has 0 aliphatic heterocycles. The number of ether oxygens (including phenoxy) is 1. The van der Waals surface area contributed by atoms with Crippen LogP contribution in [0.25, 0.3) is 0 Å². The molecule has 0 heterocycles. The molecule has 0 aromatic heterocycles. The molecule has 138 valence electrons. The Hall–Kier alpha value is -3.06. The zero-order valence-corrected chi connectivity index (χ0v) is 14.9. The van der Waals surface area contributed by atoms with Crippen LogP contribution >= 0.6 is 0 Å². The minimum atomic E-state index is -0.915. The molecule has 0 bridgehead atoms. The molecule has 0 radical (unpaired) electrons. The van der Waals surface area contributed by atoms with Gasteiger partial charge in [-0.25, -0.2) is 4.79 Å². The van der Waals surface area contributed by atoms with Gasteiger partial charge < -0.3 is 15.4 Å². The van der Waals surface area contributed by atoms with E-state index in [0.717, 1.165) is 0 Å². The lowest BCUT2D eigenvalue weighted by atomic mass is 10.1. The summed E-state index contributed by atoms with van der Waals surface area (Å²) >= 11 is 0. The van der Waals surface area contributed by atoms with Gasteiger partial charge in [-0.15, -0.1) is 0 Å². The standard InChI is InChI=1S/C19H23N3O4/c1-19(2,3)26-18(24)21-16(13-7-5-4-6-8-13)17(23)20-14-9-11-15(22-25)12-10-14/h4-12,16,22,25H,1-3H3,(H,20,23)(H,21,24)/t16-/m0/s1. The van der Waals surface area contributed by atoms with Crippen molar-refractivity contribution in [2.24, 2.45) is 0 Å². The van der Waals surface area contributed by atoms with E-state index in [9.17, 15) is 9.59 Å². The fraction of sp³-hybridized carbons (Fsp3) is 0.263. The molecule has 7 heteroatoms. The van der Waals surface area contributed by atoms with E-state index in [-0.39, 0.29) is 0 Å². The van der Waals surface area contributed by atoms with Gasteiger partial charge in [0.1, 0.15) is 11.6 Å². The second kappa shape index (κ2) is 8.35. The third-order valence-corrected chi connectivity index (χ3v) is 3.34. The van der Waals surface area contributed by atoms with Crippen molar-refractivity contribution in [1.82, 2.24) is 5.32 Å². The Labute approximate surface area is 152 Å². The molecule has 0 aliphatic carbocycles. The van der Waals surface area contributed by atoms with Crippen LogP contribution in [-0.4, -0.2) is 22.8 Å². The lowest BCUT2D eigenvalue weighted by Gasteiger charge is -2.23. The Morgan fingerprint density at radius 1 is 0.962 bits per heavy atom. The number of benzene rings is 2. The average Bonchev–Trinajstić information content (AvgIpc) is 2.59. The maximum atomic E-state index is 12.7. The Kier molecular flexibility index (Phi) is 6.19. The molecule has 4 N–H and O–H groups in total. The molecule has 0 spiro atoms. The first-order valence-corrected chi connectivity index (χ1v) is 8.14. The topological polar surface area (TPSA) is 99.7 Å².